The van der Waals surface area contributed by atoms with Crippen LogP contribution >= 0.6 is 0 Å². The second-order valence-electron chi connectivity index (χ2n) is 5.73. The van der Waals surface area contributed by atoms with Gasteiger partial charge in [0.05, 0.1) is 17.4 Å². The summed E-state index contributed by atoms with van der Waals surface area (Å²) in [5.41, 5.74) is 11.1. The summed E-state index contributed by atoms with van der Waals surface area (Å²) < 4.78 is 0. The minimum absolute atomic E-state index is 0.712. The molecule has 4 N–H and O–H groups in total. The molecule has 126 valence electrons. The number of fused-ring (bicyclic) bond motifs is 1. The first-order chi connectivity index (χ1) is 12.3. The first-order valence-electron chi connectivity index (χ1n) is 8.03. The number of allylic oxidation sites excluding steroid dienone is 1. The molecule has 7 heteroatoms. The second-order valence-corrected chi connectivity index (χ2v) is 5.73. The van der Waals surface area contributed by atoms with Gasteiger partial charge in [-0.1, -0.05) is 12.7 Å². The highest BCUT2D eigenvalue weighted by molar-refractivity contribution is 6.09. The molecular weight excluding hydrogens is 314 g/mol. The third kappa shape index (κ3) is 2.81. The lowest BCUT2D eigenvalue weighted by atomic mass is 10.1. The number of H-pyrrole nitrogens is 1. The van der Waals surface area contributed by atoms with Gasteiger partial charge in [0.15, 0.2) is 5.84 Å². The third-order valence-electron chi connectivity index (χ3n) is 4.18. The number of aliphatic imine (C=N–C) groups is 1. The van der Waals surface area contributed by atoms with Gasteiger partial charge in [0, 0.05) is 47.5 Å². The van der Waals surface area contributed by atoms with Crippen LogP contribution in [0.2, 0.25) is 0 Å². The van der Waals surface area contributed by atoms with E-state index in [0.717, 1.165) is 40.1 Å². The van der Waals surface area contributed by atoms with E-state index >= 15 is 0 Å². The molecule has 4 rings (SSSR count). The van der Waals surface area contributed by atoms with Crippen molar-refractivity contribution in [2.45, 2.75) is 6.92 Å². The van der Waals surface area contributed by atoms with Crippen LogP contribution in [-0.4, -0.2) is 27.5 Å². The van der Waals surface area contributed by atoms with Crippen LogP contribution in [0.4, 0.5) is 5.69 Å². The standard InChI is InChI=1S/C18H19N7/c1-3-17(14-10-20-21-11-14)25-7-6-19-18(12(25)2)23-15-4-5-16-13(8-15)9-22-24-16/h3-10,20-21H,2,11H2,1H3,(H,19,23)(H,22,24)/b17-3-. The molecule has 1 aromatic heterocycles. The highest BCUT2D eigenvalue weighted by Gasteiger charge is 2.21. The lowest BCUT2D eigenvalue weighted by molar-refractivity contribution is 0.600. The molecule has 3 heterocycles. The summed E-state index contributed by atoms with van der Waals surface area (Å²) in [7, 11) is 0. The number of rotatable bonds is 3. The molecule has 0 atom stereocenters. The van der Waals surface area contributed by atoms with Gasteiger partial charge in [0.25, 0.3) is 0 Å². The molecule has 0 saturated heterocycles. The van der Waals surface area contributed by atoms with Crippen LogP contribution in [0.3, 0.4) is 0 Å². The summed E-state index contributed by atoms with van der Waals surface area (Å²) in [6.45, 7) is 6.99. The van der Waals surface area contributed by atoms with Crippen molar-refractivity contribution in [1.29, 1.82) is 0 Å². The van der Waals surface area contributed by atoms with Gasteiger partial charge in [-0.2, -0.15) is 5.10 Å². The van der Waals surface area contributed by atoms with E-state index in [1.807, 2.05) is 42.4 Å². The largest absolute Gasteiger partial charge is 0.338 e. The van der Waals surface area contributed by atoms with Crippen LogP contribution in [0.25, 0.3) is 10.9 Å². The summed E-state index contributed by atoms with van der Waals surface area (Å²) in [6, 6.07) is 6.01. The zero-order chi connectivity index (χ0) is 17.2. The second kappa shape index (κ2) is 6.29. The summed E-state index contributed by atoms with van der Waals surface area (Å²) in [6.07, 6.45) is 9.52. The van der Waals surface area contributed by atoms with E-state index in [2.05, 4.69) is 44.0 Å². The molecule has 0 bridgehead atoms. The minimum Gasteiger partial charge on any atom is -0.338 e. The SMILES string of the molecule is C=C1C(Nc2ccc3[nH]ncc3c2)=NC=CN1/C(=C\C)C1=CNNC1. The van der Waals surface area contributed by atoms with Crippen LogP contribution < -0.4 is 16.2 Å². The molecule has 2 aromatic rings. The predicted octanol–water partition coefficient (Wildman–Crippen LogP) is 2.57. The van der Waals surface area contributed by atoms with Gasteiger partial charge in [-0.15, -0.1) is 0 Å². The summed E-state index contributed by atoms with van der Waals surface area (Å²) in [5, 5.41) is 11.4. The van der Waals surface area contributed by atoms with E-state index in [1.165, 1.54) is 0 Å². The van der Waals surface area contributed by atoms with Crippen LogP contribution in [0.1, 0.15) is 6.92 Å². The van der Waals surface area contributed by atoms with Crippen molar-refractivity contribution in [3.05, 3.63) is 72.6 Å². The Bertz CT molecular complexity index is 945. The van der Waals surface area contributed by atoms with Crippen LogP contribution in [0.5, 0.6) is 0 Å². The average Bonchev–Trinajstić information content (AvgIpc) is 3.30. The van der Waals surface area contributed by atoms with Gasteiger partial charge in [0.1, 0.15) is 0 Å². The smallest absolute Gasteiger partial charge is 0.154 e. The summed E-state index contributed by atoms with van der Waals surface area (Å²) in [4.78, 5) is 6.48. The van der Waals surface area contributed by atoms with Crippen molar-refractivity contribution in [3.63, 3.8) is 0 Å². The number of aromatic amines is 1. The Balaban J connectivity index is 1.57. The molecule has 0 aliphatic carbocycles. The molecule has 0 unspecified atom stereocenters. The van der Waals surface area contributed by atoms with E-state index in [0.29, 0.717) is 5.84 Å². The molecule has 0 fully saturated rings. The van der Waals surface area contributed by atoms with Crippen molar-refractivity contribution in [3.8, 4) is 0 Å². The zero-order valence-electron chi connectivity index (χ0n) is 13.9. The van der Waals surface area contributed by atoms with E-state index in [-0.39, 0.29) is 0 Å². The van der Waals surface area contributed by atoms with Crippen LogP contribution in [-0.2, 0) is 0 Å². The van der Waals surface area contributed by atoms with E-state index in [4.69, 9.17) is 0 Å². The van der Waals surface area contributed by atoms with Crippen molar-refractivity contribution in [2.75, 3.05) is 11.9 Å². The van der Waals surface area contributed by atoms with Gasteiger partial charge >= 0.3 is 0 Å². The quantitative estimate of drug-likeness (QED) is 0.694. The number of nitrogens with one attached hydrogen (secondary N) is 4. The van der Waals surface area contributed by atoms with E-state index < -0.39 is 0 Å². The molecule has 0 amide bonds. The third-order valence-corrected chi connectivity index (χ3v) is 4.18. The fourth-order valence-electron chi connectivity index (χ4n) is 2.92. The Hall–Kier alpha value is -3.32. The Morgan fingerprint density at radius 2 is 2.32 bits per heavy atom. The van der Waals surface area contributed by atoms with E-state index in [9.17, 15) is 0 Å². The molecule has 2 aliphatic rings. The lowest BCUT2D eigenvalue weighted by Crippen LogP contribution is -2.29. The first-order valence-corrected chi connectivity index (χ1v) is 8.03. The molecule has 0 radical (unpaired) electrons. The maximum atomic E-state index is 4.45. The number of aromatic nitrogens is 2. The van der Waals surface area contributed by atoms with Gasteiger partial charge in [-0.25, -0.2) is 10.4 Å². The zero-order valence-corrected chi connectivity index (χ0v) is 13.9. The molecule has 25 heavy (non-hydrogen) atoms. The Morgan fingerprint density at radius 1 is 1.40 bits per heavy atom. The van der Waals surface area contributed by atoms with Crippen LogP contribution in [0.15, 0.2) is 77.6 Å². The number of hydrazine groups is 1. The van der Waals surface area contributed by atoms with Gasteiger partial charge < -0.3 is 15.6 Å². The minimum atomic E-state index is 0.712. The van der Waals surface area contributed by atoms with E-state index in [1.54, 1.807) is 12.4 Å². The normalized spacial score (nSPS) is 17.6. The molecule has 7 nitrogen and oxygen atoms in total. The number of hydrogen-bond acceptors (Lipinski definition) is 6. The fourth-order valence-corrected chi connectivity index (χ4v) is 2.92. The molecule has 2 aliphatic heterocycles. The van der Waals surface area contributed by atoms with Gasteiger partial charge in [-0.3, -0.25) is 5.10 Å². The number of nitrogens with zero attached hydrogens (tertiary/aromatic N) is 3. The maximum Gasteiger partial charge on any atom is 0.154 e. The molecule has 1 aromatic carbocycles. The summed E-state index contributed by atoms with van der Waals surface area (Å²) in [5.74, 6) is 0.712. The number of benzene rings is 1. The molecule has 0 spiro atoms. The Kier molecular flexibility index (Phi) is 3.83. The number of amidine groups is 1. The maximum absolute atomic E-state index is 4.45. The summed E-state index contributed by atoms with van der Waals surface area (Å²) >= 11 is 0. The van der Waals surface area contributed by atoms with Gasteiger partial charge in [0.2, 0.25) is 0 Å². The van der Waals surface area contributed by atoms with Crippen molar-refractivity contribution in [1.82, 2.24) is 25.9 Å². The highest BCUT2D eigenvalue weighted by atomic mass is 15.4. The highest BCUT2D eigenvalue weighted by Crippen LogP contribution is 2.25. The molecular formula is C18H19N7. The monoisotopic (exact) mass is 333 g/mol. The number of anilines is 1. The lowest BCUT2D eigenvalue weighted by Gasteiger charge is -2.29. The van der Waals surface area contributed by atoms with Crippen molar-refractivity contribution in [2.24, 2.45) is 4.99 Å². The number of hydrogen-bond donors (Lipinski definition) is 4. The van der Waals surface area contributed by atoms with Crippen molar-refractivity contribution >= 4 is 22.4 Å². The Morgan fingerprint density at radius 3 is 3.12 bits per heavy atom. The van der Waals surface area contributed by atoms with Crippen molar-refractivity contribution < 1.29 is 0 Å². The molecule has 0 saturated carbocycles. The average molecular weight is 333 g/mol. The van der Waals surface area contributed by atoms with Crippen LogP contribution in [0, 0.1) is 0 Å². The topological polar surface area (TPSA) is 80.4 Å². The van der Waals surface area contributed by atoms with Gasteiger partial charge in [-0.05, 0) is 25.1 Å². The fraction of sp³-hybridized carbons (Fsp3) is 0.111. The first kappa shape index (κ1) is 15.2. The predicted molar refractivity (Wildman–Crippen MR) is 100 cm³/mol. The Labute approximate surface area is 145 Å².